The lowest BCUT2D eigenvalue weighted by Gasteiger charge is -2.39. The summed E-state index contributed by atoms with van der Waals surface area (Å²) in [6, 6.07) is -1.31. The van der Waals surface area contributed by atoms with E-state index >= 15 is 0 Å². The fourth-order valence-corrected chi connectivity index (χ4v) is 5.89. The van der Waals surface area contributed by atoms with E-state index in [-0.39, 0.29) is 42.3 Å². The number of allylic oxidation sites excluding steroid dienone is 1. The first-order valence-electron chi connectivity index (χ1n) is 12.2. The molecular weight excluding hydrogens is 420 g/mol. The molecule has 1 aliphatic carbocycles. The number of nitrogens with zero attached hydrogens (tertiary/aromatic N) is 1. The Morgan fingerprint density at radius 1 is 1.18 bits per heavy atom. The summed E-state index contributed by atoms with van der Waals surface area (Å²) in [4.78, 5) is 42.0. The van der Waals surface area contributed by atoms with Crippen molar-refractivity contribution in [3.05, 3.63) is 12.2 Å². The first-order valence-corrected chi connectivity index (χ1v) is 12.2. The van der Waals surface area contributed by atoms with Crippen LogP contribution in [0.3, 0.4) is 0 Å². The molecule has 33 heavy (non-hydrogen) atoms. The van der Waals surface area contributed by atoms with Crippen LogP contribution in [0.2, 0.25) is 0 Å². The Morgan fingerprint density at radius 3 is 2.27 bits per heavy atom. The zero-order valence-corrected chi connectivity index (χ0v) is 21.8. The number of likely N-dealkylation sites (tertiary alicyclic amines) is 1. The minimum absolute atomic E-state index is 0.00520. The number of fused-ring (bicyclic) bond motifs is 1. The topological polar surface area (TPSA) is 95.9 Å². The highest BCUT2D eigenvalue weighted by atomic mass is 16.5. The summed E-state index contributed by atoms with van der Waals surface area (Å²) in [5.74, 6) is -2.93. The van der Waals surface area contributed by atoms with Crippen LogP contribution in [0.15, 0.2) is 12.2 Å². The van der Waals surface area contributed by atoms with Crippen LogP contribution in [0.25, 0.3) is 0 Å². The van der Waals surface area contributed by atoms with Gasteiger partial charge in [0.1, 0.15) is 6.04 Å². The number of hydrogen-bond donors (Lipinski definition) is 2. The number of carbonyl (C=O) groups is 3. The molecule has 0 radical (unpaired) electrons. The van der Waals surface area contributed by atoms with Crippen molar-refractivity contribution in [3.63, 3.8) is 0 Å². The van der Waals surface area contributed by atoms with E-state index in [1.54, 1.807) is 11.8 Å². The monoisotopic (exact) mass is 464 g/mol. The SMILES string of the molecule is CCOC(=O)[C@H]1[C@@H]2C(=O)N([C@@H](CO)C(C)C)[C@H](C(=O)NC(C)(C)CC(C)(C)C)[C@H]2C=C[C@H]1C. The third-order valence-electron chi connectivity index (χ3n) is 6.78. The van der Waals surface area contributed by atoms with Gasteiger partial charge in [0.2, 0.25) is 11.8 Å². The molecule has 1 aliphatic heterocycles. The fraction of sp³-hybridized carbons (Fsp3) is 0.808. The number of esters is 1. The van der Waals surface area contributed by atoms with Crippen LogP contribution >= 0.6 is 0 Å². The van der Waals surface area contributed by atoms with Crippen LogP contribution in [0.5, 0.6) is 0 Å². The largest absolute Gasteiger partial charge is 0.466 e. The first-order chi connectivity index (χ1) is 15.1. The highest BCUT2D eigenvalue weighted by Gasteiger charge is 2.59. The molecule has 2 amide bonds. The lowest BCUT2D eigenvalue weighted by molar-refractivity contribution is -0.156. The normalized spacial score (nSPS) is 28.6. The van der Waals surface area contributed by atoms with Gasteiger partial charge in [-0.3, -0.25) is 14.4 Å². The molecule has 2 rings (SSSR count). The molecule has 2 N–H and O–H groups in total. The van der Waals surface area contributed by atoms with Gasteiger partial charge in [0.05, 0.1) is 31.1 Å². The van der Waals surface area contributed by atoms with Gasteiger partial charge in [-0.2, -0.15) is 0 Å². The zero-order valence-electron chi connectivity index (χ0n) is 21.8. The fourth-order valence-electron chi connectivity index (χ4n) is 5.89. The van der Waals surface area contributed by atoms with Crippen molar-refractivity contribution in [3.8, 4) is 0 Å². The lowest BCUT2D eigenvalue weighted by atomic mass is 9.70. The molecule has 0 saturated carbocycles. The summed E-state index contributed by atoms with van der Waals surface area (Å²) < 4.78 is 5.32. The smallest absolute Gasteiger partial charge is 0.310 e. The Morgan fingerprint density at radius 2 is 1.79 bits per heavy atom. The van der Waals surface area contributed by atoms with Gasteiger partial charge in [-0.15, -0.1) is 0 Å². The van der Waals surface area contributed by atoms with Gasteiger partial charge in [0, 0.05) is 11.5 Å². The van der Waals surface area contributed by atoms with Crippen molar-refractivity contribution in [2.24, 2.45) is 35.0 Å². The van der Waals surface area contributed by atoms with E-state index in [0.29, 0.717) is 0 Å². The van der Waals surface area contributed by atoms with Crippen molar-refractivity contribution in [1.82, 2.24) is 10.2 Å². The molecule has 2 aliphatic rings. The van der Waals surface area contributed by atoms with Crippen LogP contribution in [0.1, 0.15) is 68.7 Å². The molecule has 1 fully saturated rings. The van der Waals surface area contributed by atoms with Crippen molar-refractivity contribution in [2.45, 2.75) is 86.4 Å². The summed E-state index contributed by atoms with van der Waals surface area (Å²) in [6.07, 6.45) is 4.59. The molecule has 0 aromatic heterocycles. The summed E-state index contributed by atoms with van der Waals surface area (Å²) in [5.41, 5.74) is -0.480. The molecule has 0 bridgehead atoms. The van der Waals surface area contributed by atoms with E-state index in [2.05, 4.69) is 26.1 Å². The van der Waals surface area contributed by atoms with Crippen LogP contribution in [-0.4, -0.2) is 58.6 Å². The second-order valence-corrected chi connectivity index (χ2v) is 11.9. The molecule has 0 spiro atoms. The van der Waals surface area contributed by atoms with Crippen molar-refractivity contribution in [2.75, 3.05) is 13.2 Å². The highest BCUT2D eigenvalue weighted by Crippen LogP contribution is 2.45. The van der Waals surface area contributed by atoms with E-state index in [1.807, 2.05) is 46.8 Å². The van der Waals surface area contributed by atoms with Crippen molar-refractivity contribution >= 4 is 17.8 Å². The van der Waals surface area contributed by atoms with E-state index < -0.39 is 41.3 Å². The predicted octanol–water partition coefficient (Wildman–Crippen LogP) is 3.16. The Balaban J connectivity index is 2.51. The van der Waals surface area contributed by atoms with Crippen molar-refractivity contribution in [1.29, 1.82) is 0 Å². The molecular formula is C26H44N2O5. The van der Waals surface area contributed by atoms with Crippen molar-refractivity contribution < 1.29 is 24.2 Å². The minimum atomic E-state index is -0.790. The Hall–Kier alpha value is -1.89. The molecule has 188 valence electrons. The summed E-state index contributed by atoms with van der Waals surface area (Å²) in [6.45, 7) is 17.8. The first kappa shape index (κ1) is 27.4. The summed E-state index contributed by atoms with van der Waals surface area (Å²) >= 11 is 0. The number of ether oxygens (including phenoxy) is 1. The summed E-state index contributed by atoms with van der Waals surface area (Å²) in [7, 11) is 0. The molecule has 1 heterocycles. The molecule has 7 heteroatoms. The van der Waals surface area contributed by atoms with Gasteiger partial charge >= 0.3 is 5.97 Å². The van der Waals surface area contributed by atoms with E-state index in [1.165, 1.54) is 0 Å². The second-order valence-electron chi connectivity index (χ2n) is 11.9. The van der Waals surface area contributed by atoms with Crippen LogP contribution in [0, 0.1) is 35.0 Å². The average molecular weight is 465 g/mol. The minimum Gasteiger partial charge on any atom is -0.466 e. The summed E-state index contributed by atoms with van der Waals surface area (Å²) in [5, 5.41) is 13.3. The Labute approximate surface area is 199 Å². The number of carbonyl (C=O) groups excluding carboxylic acids is 3. The number of rotatable bonds is 8. The third-order valence-corrected chi connectivity index (χ3v) is 6.78. The number of amides is 2. The number of aliphatic hydroxyl groups is 1. The Kier molecular flexibility index (Phi) is 8.42. The molecule has 6 atom stereocenters. The molecule has 0 aromatic carbocycles. The van der Waals surface area contributed by atoms with Gasteiger partial charge in [0.25, 0.3) is 0 Å². The van der Waals surface area contributed by atoms with Crippen LogP contribution < -0.4 is 5.32 Å². The predicted molar refractivity (Wildman–Crippen MR) is 128 cm³/mol. The number of aliphatic hydroxyl groups excluding tert-OH is 1. The van der Waals surface area contributed by atoms with Gasteiger partial charge in [0.15, 0.2) is 0 Å². The van der Waals surface area contributed by atoms with Crippen LogP contribution in [-0.2, 0) is 19.1 Å². The van der Waals surface area contributed by atoms with Gasteiger partial charge in [-0.05, 0) is 44.4 Å². The Bertz CT molecular complexity index is 767. The van der Waals surface area contributed by atoms with E-state index in [4.69, 9.17) is 4.74 Å². The van der Waals surface area contributed by atoms with Gasteiger partial charge in [-0.1, -0.05) is 53.7 Å². The zero-order chi connectivity index (χ0) is 25.3. The van der Waals surface area contributed by atoms with Crippen LogP contribution in [0.4, 0.5) is 0 Å². The average Bonchev–Trinajstić information content (AvgIpc) is 2.92. The third kappa shape index (κ3) is 5.97. The van der Waals surface area contributed by atoms with Gasteiger partial charge in [-0.25, -0.2) is 0 Å². The molecule has 1 saturated heterocycles. The quantitative estimate of drug-likeness (QED) is 0.425. The standard InChI is InChI=1S/C26H44N2O5/c1-10-33-24(32)19-16(4)11-12-17-20(19)23(31)28(18(13-29)15(2)3)21(17)22(30)27-26(8,9)14-25(5,6)7/h11-12,15-21,29H,10,13-14H2,1-9H3,(H,27,30)/t16-,17+,18+,19-,20-,21+/m1/s1. The molecule has 0 unspecified atom stereocenters. The number of nitrogens with one attached hydrogen (secondary N) is 1. The maximum atomic E-state index is 13.8. The second kappa shape index (κ2) is 10.2. The maximum absolute atomic E-state index is 13.8. The molecule has 7 nitrogen and oxygen atoms in total. The molecule has 0 aromatic rings. The highest BCUT2D eigenvalue weighted by molar-refractivity contribution is 5.96. The van der Waals surface area contributed by atoms with E-state index in [0.717, 1.165) is 6.42 Å². The lowest BCUT2D eigenvalue weighted by Crippen LogP contribution is -2.57. The maximum Gasteiger partial charge on any atom is 0.310 e. The number of hydrogen-bond acceptors (Lipinski definition) is 5. The van der Waals surface area contributed by atoms with Gasteiger partial charge < -0.3 is 20.1 Å². The van der Waals surface area contributed by atoms with E-state index in [9.17, 15) is 19.5 Å².